The second-order valence-corrected chi connectivity index (χ2v) is 7.00. The van der Waals surface area contributed by atoms with Gasteiger partial charge in [-0.3, -0.25) is 0 Å². The minimum absolute atomic E-state index is 0.00400. The molecule has 0 aromatic carbocycles. The zero-order valence-electron chi connectivity index (χ0n) is 9.52. The third-order valence-electron chi connectivity index (χ3n) is 2.59. The largest absolute Gasteiger partial charge is 0.379 e. The minimum Gasteiger partial charge on any atom is -0.379 e. The molecule has 2 atom stereocenters. The van der Waals surface area contributed by atoms with Crippen molar-refractivity contribution in [2.75, 3.05) is 25.6 Å². The Morgan fingerprint density at radius 1 is 1.56 bits per heavy atom. The van der Waals surface area contributed by atoms with E-state index < -0.39 is 9.05 Å². The van der Waals surface area contributed by atoms with Gasteiger partial charge in [0.05, 0.1) is 25.1 Å². The molecule has 1 saturated heterocycles. The van der Waals surface area contributed by atoms with Crippen molar-refractivity contribution in [3.05, 3.63) is 0 Å². The lowest BCUT2D eigenvalue weighted by Crippen LogP contribution is -2.22. The Hall–Kier alpha value is 0.160. The molecule has 1 heterocycles. The number of rotatable bonds is 7. The summed E-state index contributed by atoms with van der Waals surface area (Å²) in [4.78, 5) is 0. The van der Waals surface area contributed by atoms with Crippen molar-refractivity contribution >= 4 is 19.7 Å². The molecule has 96 valence electrons. The summed E-state index contributed by atoms with van der Waals surface area (Å²) >= 11 is 0. The van der Waals surface area contributed by atoms with Gasteiger partial charge in [-0.25, -0.2) is 8.42 Å². The first-order chi connectivity index (χ1) is 7.51. The molecule has 16 heavy (non-hydrogen) atoms. The third kappa shape index (κ3) is 6.03. The van der Waals surface area contributed by atoms with Crippen molar-refractivity contribution in [1.82, 2.24) is 0 Å². The normalized spacial score (nSPS) is 23.5. The van der Waals surface area contributed by atoms with Crippen LogP contribution in [0.5, 0.6) is 0 Å². The van der Waals surface area contributed by atoms with Gasteiger partial charge < -0.3 is 9.47 Å². The van der Waals surface area contributed by atoms with Crippen molar-refractivity contribution in [3.63, 3.8) is 0 Å². The van der Waals surface area contributed by atoms with Crippen LogP contribution in [0, 0.1) is 5.92 Å². The molecule has 0 bridgehead atoms. The fraction of sp³-hybridized carbons (Fsp3) is 1.00. The lowest BCUT2D eigenvalue weighted by molar-refractivity contribution is 0.0241. The Bertz CT molecular complexity index is 285. The molecule has 0 N–H and O–H groups in total. The van der Waals surface area contributed by atoms with Gasteiger partial charge in [-0.1, -0.05) is 13.3 Å². The van der Waals surface area contributed by atoms with E-state index in [0.717, 1.165) is 25.9 Å². The molecule has 0 aliphatic carbocycles. The molecule has 0 saturated carbocycles. The minimum atomic E-state index is -3.43. The van der Waals surface area contributed by atoms with Gasteiger partial charge in [0.25, 0.3) is 0 Å². The molecule has 0 radical (unpaired) electrons. The molecule has 6 heteroatoms. The van der Waals surface area contributed by atoms with Crippen LogP contribution < -0.4 is 0 Å². The van der Waals surface area contributed by atoms with E-state index in [-0.39, 0.29) is 17.8 Å². The number of hydrogen-bond donors (Lipinski definition) is 0. The van der Waals surface area contributed by atoms with Gasteiger partial charge in [0.2, 0.25) is 9.05 Å². The lowest BCUT2D eigenvalue weighted by atomic mass is 10.1. The van der Waals surface area contributed by atoms with Crippen LogP contribution in [0.25, 0.3) is 0 Å². The first-order valence-corrected chi connectivity index (χ1v) is 8.10. The predicted molar refractivity (Wildman–Crippen MR) is 63.2 cm³/mol. The summed E-state index contributed by atoms with van der Waals surface area (Å²) in [6.07, 6.45) is 2.77. The predicted octanol–water partition coefficient (Wildman–Crippen LogP) is 1.78. The zero-order chi connectivity index (χ0) is 12.0. The molecule has 0 aromatic heterocycles. The second-order valence-electron chi connectivity index (χ2n) is 4.18. The molecule has 1 aliphatic rings. The van der Waals surface area contributed by atoms with E-state index >= 15 is 0 Å². The van der Waals surface area contributed by atoms with Crippen molar-refractivity contribution in [3.8, 4) is 0 Å². The van der Waals surface area contributed by atoms with Crippen LogP contribution in [0.2, 0.25) is 0 Å². The van der Waals surface area contributed by atoms with Crippen molar-refractivity contribution in [1.29, 1.82) is 0 Å². The molecule has 1 fully saturated rings. The average Bonchev–Trinajstić information content (AvgIpc) is 2.64. The summed E-state index contributed by atoms with van der Waals surface area (Å²) in [5.74, 6) is -0.0104. The maximum absolute atomic E-state index is 11.0. The highest BCUT2D eigenvalue weighted by Crippen LogP contribution is 2.16. The van der Waals surface area contributed by atoms with E-state index in [4.69, 9.17) is 20.2 Å². The Kier molecular flexibility index (Phi) is 6.03. The third-order valence-corrected chi connectivity index (χ3v) is 3.83. The summed E-state index contributed by atoms with van der Waals surface area (Å²) in [5, 5.41) is 0. The molecule has 0 spiro atoms. The quantitative estimate of drug-likeness (QED) is 0.662. The first-order valence-electron chi connectivity index (χ1n) is 5.63. The van der Waals surface area contributed by atoms with E-state index in [9.17, 15) is 8.42 Å². The monoisotopic (exact) mass is 270 g/mol. The van der Waals surface area contributed by atoms with Crippen molar-refractivity contribution in [2.24, 2.45) is 5.92 Å². The topological polar surface area (TPSA) is 52.6 Å². The highest BCUT2D eigenvalue weighted by molar-refractivity contribution is 8.13. The van der Waals surface area contributed by atoms with Gasteiger partial charge in [0, 0.05) is 17.3 Å². The SMILES string of the molecule is CCCC(COC1CCOC1)CS(=O)(=O)Cl. The summed E-state index contributed by atoms with van der Waals surface area (Å²) in [6.45, 7) is 3.82. The van der Waals surface area contributed by atoms with Crippen LogP contribution in [-0.2, 0) is 18.5 Å². The van der Waals surface area contributed by atoms with Gasteiger partial charge in [0.15, 0.2) is 0 Å². The number of halogens is 1. The summed E-state index contributed by atoms with van der Waals surface area (Å²) in [5.41, 5.74) is 0. The van der Waals surface area contributed by atoms with E-state index in [1.165, 1.54) is 0 Å². The molecule has 0 amide bonds. The molecule has 1 aliphatic heterocycles. The van der Waals surface area contributed by atoms with E-state index in [0.29, 0.717) is 13.2 Å². The van der Waals surface area contributed by atoms with Gasteiger partial charge in [-0.15, -0.1) is 0 Å². The molecular weight excluding hydrogens is 252 g/mol. The Morgan fingerprint density at radius 2 is 2.31 bits per heavy atom. The smallest absolute Gasteiger partial charge is 0.232 e. The zero-order valence-corrected chi connectivity index (χ0v) is 11.1. The maximum Gasteiger partial charge on any atom is 0.232 e. The highest BCUT2D eigenvalue weighted by atomic mass is 35.7. The molecule has 1 rings (SSSR count). The fourth-order valence-corrected chi connectivity index (χ4v) is 3.18. The Labute approximate surface area is 102 Å². The first kappa shape index (κ1) is 14.2. The summed E-state index contributed by atoms with van der Waals surface area (Å²) < 4.78 is 32.8. The Balaban J connectivity index is 2.32. The van der Waals surface area contributed by atoms with Crippen LogP contribution in [0.3, 0.4) is 0 Å². The van der Waals surface area contributed by atoms with Crippen LogP contribution in [0.4, 0.5) is 0 Å². The number of ether oxygens (including phenoxy) is 2. The van der Waals surface area contributed by atoms with Crippen LogP contribution >= 0.6 is 10.7 Å². The van der Waals surface area contributed by atoms with Gasteiger partial charge in [-0.05, 0) is 18.8 Å². The van der Waals surface area contributed by atoms with Crippen LogP contribution in [-0.4, -0.2) is 40.1 Å². The fourth-order valence-electron chi connectivity index (χ4n) is 1.82. The van der Waals surface area contributed by atoms with Crippen LogP contribution in [0.1, 0.15) is 26.2 Å². The van der Waals surface area contributed by atoms with Gasteiger partial charge in [-0.2, -0.15) is 0 Å². The maximum atomic E-state index is 11.0. The number of hydrogen-bond acceptors (Lipinski definition) is 4. The highest BCUT2D eigenvalue weighted by Gasteiger charge is 2.21. The lowest BCUT2D eigenvalue weighted by Gasteiger charge is -2.17. The molecule has 0 aromatic rings. The average molecular weight is 271 g/mol. The van der Waals surface area contributed by atoms with Gasteiger partial charge >= 0.3 is 0 Å². The summed E-state index contributed by atoms with van der Waals surface area (Å²) in [7, 11) is 1.82. The van der Waals surface area contributed by atoms with Crippen molar-refractivity contribution < 1.29 is 17.9 Å². The Morgan fingerprint density at radius 3 is 2.81 bits per heavy atom. The molecule has 4 nitrogen and oxygen atoms in total. The van der Waals surface area contributed by atoms with Gasteiger partial charge in [0.1, 0.15) is 0 Å². The van der Waals surface area contributed by atoms with Crippen molar-refractivity contribution in [2.45, 2.75) is 32.3 Å². The molecular formula is C10H19ClO4S. The van der Waals surface area contributed by atoms with Crippen LogP contribution in [0.15, 0.2) is 0 Å². The van der Waals surface area contributed by atoms with E-state index in [1.54, 1.807) is 0 Å². The molecule has 2 unspecified atom stereocenters. The summed E-state index contributed by atoms with van der Waals surface area (Å²) in [6, 6.07) is 0. The second kappa shape index (κ2) is 6.79. The van der Waals surface area contributed by atoms with E-state index in [1.807, 2.05) is 6.92 Å². The standard InChI is InChI=1S/C10H19ClO4S/c1-2-3-9(8-16(11,12)13)6-15-10-4-5-14-7-10/h9-10H,2-8H2,1H3. The van der Waals surface area contributed by atoms with E-state index in [2.05, 4.69) is 0 Å².